The molecule has 2 heteroatoms. The van der Waals surface area contributed by atoms with Crippen molar-refractivity contribution in [3.8, 4) is 0 Å². The molecule has 0 aliphatic carbocycles. The average Bonchev–Trinajstić information content (AvgIpc) is 2.84. The van der Waals surface area contributed by atoms with Crippen molar-refractivity contribution in [3.05, 3.63) is 0 Å². The fraction of sp³-hybridized carbons (Fsp3) is 1.00. The van der Waals surface area contributed by atoms with Gasteiger partial charge in [-0.15, -0.1) is 0 Å². The first kappa shape index (κ1) is 33.9. The van der Waals surface area contributed by atoms with Crippen LogP contribution in [0.15, 0.2) is 0 Å². The molecule has 0 radical (unpaired) electrons. The lowest BCUT2D eigenvalue weighted by atomic mass is 9.99. The van der Waals surface area contributed by atoms with Gasteiger partial charge in [0.25, 0.3) is 0 Å². The third-order valence-electron chi connectivity index (χ3n) is 7.65. The van der Waals surface area contributed by atoms with Gasteiger partial charge in [0.1, 0.15) is 0 Å². The summed E-state index contributed by atoms with van der Waals surface area (Å²) in [6.45, 7) is 4.54. The predicted molar refractivity (Wildman–Crippen MR) is 153 cm³/mol. The Balaban J connectivity index is 3.22. The summed E-state index contributed by atoms with van der Waals surface area (Å²) >= 11 is 0. The Labute approximate surface area is 216 Å². The summed E-state index contributed by atoms with van der Waals surface area (Å²) in [5.41, 5.74) is 0. The van der Waals surface area contributed by atoms with E-state index < -0.39 is 12.2 Å². The summed E-state index contributed by atoms with van der Waals surface area (Å²) in [5, 5.41) is 20.3. The van der Waals surface area contributed by atoms with E-state index >= 15 is 0 Å². The summed E-state index contributed by atoms with van der Waals surface area (Å²) in [5.74, 6) is 0. The molecule has 206 valence electrons. The predicted octanol–water partition coefficient (Wildman–Crippen LogP) is 10.7. The number of unbranched alkanes of at least 4 members (excludes halogenated alkanes) is 24. The van der Waals surface area contributed by atoms with Gasteiger partial charge in [-0.25, -0.2) is 0 Å². The van der Waals surface area contributed by atoms with E-state index in [4.69, 9.17) is 0 Å². The second-order valence-corrected chi connectivity index (χ2v) is 11.2. The number of rotatable bonds is 29. The van der Waals surface area contributed by atoms with Gasteiger partial charge < -0.3 is 10.2 Å². The number of aliphatic hydroxyl groups is 2. The van der Waals surface area contributed by atoms with Crippen LogP contribution < -0.4 is 0 Å². The molecule has 0 aromatic carbocycles. The minimum atomic E-state index is -0.508. The minimum absolute atomic E-state index is 0.508. The fourth-order valence-electron chi connectivity index (χ4n) is 5.13. The van der Waals surface area contributed by atoms with Crippen molar-refractivity contribution >= 4 is 0 Å². The molecular weight excluding hydrogens is 416 g/mol. The summed E-state index contributed by atoms with van der Waals surface area (Å²) in [7, 11) is 0. The van der Waals surface area contributed by atoms with Gasteiger partial charge in [0.15, 0.2) is 0 Å². The molecule has 2 unspecified atom stereocenters. The van der Waals surface area contributed by atoms with Crippen LogP contribution in [0.4, 0.5) is 0 Å². The van der Waals surface area contributed by atoms with Gasteiger partial charge in [0, 0.05) is 0 Å². The van der Waals surface area contributed by atoms with Gasteiger partial charge in [-0.1, -0.05) is 181 Å². The molecule has 34 heavy (non-hydrogen) atoms. The van der Waals surface area contributed by atoms with Crippen LogP contribution in [0.25, 0.3) is 0 Å². The first-order valence-electron chi connectivity index (χ1n) is 16.1. The molecule has 0 saturated heterocycles. The first-order valence-corrected chi connectivity index (χ1v) is 16.1. The standard InChI is InChI=1S/C32H66O2/c1-3-5-7-9-11-12-13-14-15-16-17-18-19-20-21-22-24-26-28-30-32(34)31(33)29-27-25-23-10-8-6-4-2/h31-34H,3-30H2,1-2H3. The molecule has 2 atom stereocenters. The van der Waals surface area contributed by atoms with Crippen LogP contribution in [0, 0.1) is 0 Å². The van der Waals surface area contributed by atoms with Crippen molar-refractivity contribution in [3.63, 3.8) is 0 Å². The highest BCUT2D eigenvalue weighted by Crippen LogP contribution is 2.17. The Morgan fingerprint density at radius 2 is 0.471 bits per heavy atom. The lowest BCUT2D eigenvalue weighted by molar-refractivity contribution is 0.00711. The van der Waals surface area contributed by atoms with Crippen LogP contribution in [0.2, 0.25) is 0 Å². The Morgan fingerprint density at radius 1 is 0.294 bits per heavy atom. The van der Waals surface area contributed by atoms with Gasteiger partial charge in [0.2, 0.25) is 0 Å². The zero-order valence-electron chi connectivity index (χ0n) is 23.8. The van der Waals surface area contributed by atoms with Crippen LogP contribution in [-0.2, 0) is 0 Å². The normalized spacial score (nSPS) is 13.4. The van der Waals surface area contributed by atoms with Crippen LogP contribution in [0.5, 0.6) is 0 Å². The molecule has 0 amide bonds. The van der Waals surface area contributed by atoms with Gasteiger partial charge in [-0.3, -0.25) is 0 Å². The number of hydrogen-bond acceptors (Lipinski definition) is 2. The largest absolute Gasteiger partial charge is 0.390 e. The average molecular weight is 483 g/mol. The lowest BCUT2D eigenvalue weighted by Crippen LogP contribution is -2.25. The highest BCUT2D eigenvalue weighted by molar-refractivity contribution is 4.67. The Kier molecular flexibility index (Phi) is 29.1. The number of aliphatic hydroxyl groups excluding tert-OH is 2. The second kappa shape index (κ2) is 29.2. The summed E-state index contributed by atoms with van der Waals surface area (Å²) < 4.78 is 0. The molecule has 0 fully saturated rings. The summed E-state index contributed by atoms with van der Waals surface area (Å²) in [6.07, 6.45) is 35.8. The maximum Gasteiger partial charge on any atom is 0.0799 e. The highest BCUT2D eigenvalue weighted by atomic mass is 16.3. The molecular formula is C32H66O2. The Morgan fingerprint density at radius 3 is 0.676 bits per heavy atom. The van der Waals surface area contributed by atoms with Gasteiger partial charge >= 0.3 is 0 Å². The van der Waals surface area contributed by atoms with Crippen LogP contribution in [-0.4, -0.2) is 22.4 Å². The van der Waals surface area contributed by atoms with E-state index in [2.05, 4.69) is 13.8 Å². The molecule has 0 aliphatic heterocycles. The Hall–Kier alpha value is -0.0800. The van der Waals surface area contributed by atoms with E-state index in [0.29, 0.717) is 0 Å². The molecule has 0 rings (SSSR count). The zero-order valence-corrected chi connectivity index (χ0v) is 23.8. The van der Waals surface area contributed by atoms with E-state index in [0.717, 1.165) is 25.7 Å². The maximum absolute atomic E-state index is 10.2. The van der Waals surface area contributed by atoms with Crippen molar-refractivity contribution in [2.24, 2.45) is 0 Å². The van der Waals surface area contributed by atoms with Crippen molar-refractivity contribution < 1.29 is 10.2 Å². The second-order valence-electron chi connectivity index (χ2n) is 11.2. The molecule has 0 heterocycles. The van der Waals surface area contributed by atoms with E-state index in [1.807, 2.05) is 0 Å². The topological polar surface area (TPSA) is 40.5 Å². The monoisotopic (exact) mass is 483 g/mol. The van der Waals surface area contributed by atoms with Crippen molar-refractivity contribution in [2.75, 3.05) is 0 Å². The van der Waals surface area contributed by atoms with Crippen molar-refractivity contribution in [1.29, 1.82) is 0 Å². The van der Waals surface area contributed by atoms with E-state index in [1.54, 1.807) is 0 Å². The Bertz CT molecular complexity index is 357. The van der Waals surface area contributed by atoms with Crippen molar-refractivity contribution in [1.82, 2.24) is 0 Å². The van der Waals surface area contributed by atoms with Gasteiger partial charge in [-0.05, 0) is 12.8 Å². The minimum Gasteiger partial charge on any atom is -0.390 e. The smallest absolute Gasteiger partial charge is 0.0799 e. The molecule has 0 aliphatic rings. The van der Waals surface area contributed by atoms with Gasteiger partial charge in [0.05, 0.1) is 12.2 Å². The zero-order chi connectivity index (χ0) is 25.0. The first-order chi connectivity index (χ1) is 16.7. The maximum atomic E-state index is 10.2. The third kappa shape index (κ3) is 26.5. The van der Waals surface area contributed by atoms with E-state index in [-0.39, 0.29) is 0 Å². The number of hydrogen-bond donors (Lipinski definition) is 2. The molecule has 0 aromatic heterocycles. The van der Waals surface area contributed by atoms with E-state index in [1.165, 1.54) is 154 Å². The SMILES string of the molecule is CCCCCCCCCCCCCCCCCCCCCC(O)C(O)CCCCCCCCC. The van der Waals surface area contributed by atoms with Crippen LogP contribution >= 0.6 is 0 Å². The van der Waals surface area contributed by atoms with Gasteiger partial charge in [-0.2, -0.15) is 0 Å². The highest BCUT2D eigenvalue weighted by Gasteiger charge is 2.15. The summed E-state index contributed by atoms with van der Waals surface area (Å²) in [6, 6.07) is 0. The van der Waals surface area contributed by atoms with Crippen LogP contribution in [0.1, 0.15) is 194 Å². The lowest BCUT2D eigenvalue weighted by Gasteiger charge is -2.17. The third-order valence-corrected chi connectivity index (χ3v) is 7.65. The molecule has 2 nitrogen and oxygen atoms in total. The fourth-order valence-corrected chi connectivity index (χ4v) is 5.13. The molecule has 0 aromatic rings. The summed E-state index contributed by atoms with van der Waals surface area (Å²) in [4.78, 5) is 0. The van der Waals surface area contributed by atoms with Crippen molar-refractivity contribution in [2.45, 2.75) is 206 Å². The molecule has 0 saturated carbocycles. The molecule has 0 bridgehead atoms. The van der Waals surface area contributed by atoms with E-state index in [9.17, 15) is 10.2 Å². The molecule has 0 spiro atoms. The quantitative estimate of drug-likeness (QED) is 0.104. The molecule has 2 N–H and O–H groups in total. The van der Waals surface area contributed by atoms with Crippen LogP contribution in [0.3, 0.4) is 0 Å².